The highest BCUT2D eigenvalue weighted by Gasteiger charge is 2.18. The lowest BCUT2D eigenvalue weighted by Gasteiger charge is -2.11. The molecule has 35 heavy (non-hydrogen) atoms. The molecule has 0 fully saturated rings. The van der Waals surface area contributed by atoms with E-state index in [4.69, 9.17) is 9.47 Å². The van der Waals surface area contributed by atoms with E-state index in [0.29, 0.717) is 41.1 Å². The second-order valence-electron chi connectivity index (χ2n) is 8.29. The molecule has 8 nitrogen and oxygen atoms in total. The Kier molecular flexibility index (Phi) is 6.93. The zero-order valence-electron chi connectivity index (χ0n) is 20.2. The van der Waals surface area contributed by atoms with Crippen LogP contribution in [0.1, 0.15) is 37.9 Å². The number of esters is 1. The summed E-state index contributed by atoms with van der Waals surface area (Å²) in [6.45, 7) is 6.36. The molecule has 0 aliphatic heterocycles. The van der Waals surface area contributed by atoms with Gasteiger partial charge in [0.25, 0.3) is 5.56 Å². The fraction of sp³-hybridized carbons (Fsp3) is 0.259. The molecule has 0 bridgehead atoms. The Morgan fingerprint density at radius 2 is 1.71 bits per heavy atom. The number of ether oxygens (including phenoxy) is 2. The van der Waals surface area contributed by atoms with Gasteiger partial charge >= 0.3 is 5.97 Å². The summed E-state index contributed by atoms with van der Waals surface area (Å²) < 4.78 is 13.9. The molecule has 2 heterocycles. The van der Waals surface area contributed by atoms with Crippen LogP contribution in [0, 0.1) is 20.8 Å². The Balaban J connectivity index is 1.47. The summed E-state index contributed by atoms with van der Waals surface area (Å²) in [5.74, 6) is -0.340. The highest BCUT2D eigenvalue weighted by Crippen LogP contribution is 2.17. The third-order valence-corrected chi connectivity index (χ3v) is 6.03. The molecule has 180 valence electrons. The molecule has 4 rings (SSSR count). The van der Waals surface area contributed by atoms with E-state index in [-0.39, 0.29) is 23.5 Å². The normalized spacial score (nSPS) is 11.1. The zero-order chi connectivity index (χ0) is 25.1. The largest absolute Gasteiger partial charge is 0.454 e. The van der Waals surface area contributed by atoms with Crippen LogP contribution >= 0.6 is 0 Å². The number of ketones is 1. The standard InChI is InChI=1S/C27H27N3O5/c1-17-15-23(18(2)29(17)13-14-34-4)25(31)16-35-27(33)20-9-11-21(12-10-20)30-19(3)28-24-8-6-5-7-22(24)26(30)32/h5-12,15H,13-14,16H2,1-4H3. The number of aryl methyl sites for hydroxylation is 2. The Hall–Kier alpha value is -4.04. The third kappa shape index (κ3) is 4.79. The fourth-order valence-electron chi connectivity index (χ4n) is 4.20. The Labute approximate surface area is 202 Å². The smallest absolute Gasteiger partial charge is 0.338 e. The summed E-state index contributed by atoms with van der Waals surface area (Å²) in [5, 5.41) is 0.515. The third-order valence-electron chi connectivity index (χ3n) is 6.03. The first kappa shape index (κ1) is 24.1. The maximum atomic E-state index is 13.0. The molecule has 0 N–H and O–H groups in total. The van der Waals surface area contributed by atoms with Crippen LogP contribution in [0.4, 0.5) is 0 Å². The van der Waals surface area contributed by atoms with E-state index in [0.717, 1.165) is 11.4 Å². The van der Waals surface area contributed by atoms with E-state index >= 15 is 0 Å². The van der Waals surface area contributed by atoms with Crippen molar-refractivity contribution in [1.82, 2.24) is 14.1 Å². The van der Waals surface area contributed by atoms with Gasteiger partial charge in [-0.05, 0) is 63.2 Å². The van der Waals surface area contributed by atoms with Crippen molar-refractivity contribution in [3.8, 4) is 5.69 Å². The maximum absolute atomic E-state index is 13.0. The number of hydrogen-bond acceptors (Lipinski definition) is 6. The lowest BCUT2D eigenvalue weighted by Crippen LogP contribution is -2.22. The van der Waals surface area contributed by atoms with Crippen molar-refractivity contribution < 1.29 is 19.1 Å². The molecule has 4 aromatic rings. The minimum absolute atomic E-state index is 0.183. The molecule has 0 spiro atoms. The van der Waals surface area contributed by atoms with E-state index in [1.165, 1.54) is 4.57 Å². The Morgan fingerprint density at radius 1 is 1.00 bits per heavy atom. The van der Waals surface area contributed by atoms with Crippen molar-refractivity contribution >= 4 is 22.7 Å². The van der Waals surface area contributed by atoms with Crippen LogP contribution in [0.2, 0.25) is 0 Å². The lowest BCUT2D eigenvalue weighted by atomic mass is 10.1. The van der Waals surface area contributed by atoms with Crippen molar-refractivity contribution in [3.05, 3.63) is 93.3 Å². The minimum Gasteiger partial charge on any atom is -0.454 e. The van der Waals surface area contributed by atoms with Gasteiger partial charge in [-0.25, -0.2) is 9.78 Å². The molecule has 0 aliphatic carbocycles. The number of para-hydroxylation sites is 1. The first-order valence-corrected chi connectivity index (χ1v) is 11.3. The monoisotopic (exact) mass is 473 g/mol. The molecular weight excluding hydrogens is 446 g/mol. The first-order chi connectivity index (χ1) is 16.8. The number of rotatable bonds is 8. The average Bonchev–Trinajstić information content (AvgIpc) is 3.14. The SMILES string of the molecule is COCCn1c(C)cc(C(=O)COC(=O)c2ccc(-n3c(C)nc4ccccc4c3=O)cc2)c1C. The Morgan fingerprint density at radius 3 is 2.43 bits per heavy atom. The van der Waals surface area contributed by atoms with Gasteiger partial charge in [-0.1, -0.05) is 12.1 Å². The number of nitrogens with zero attached hydrogens (tertiary/aromatic N) is 3. The van der Waals surface area contributed by atoms with Gasteiger partial charge in [0.2, 0.25) is 5.78 Å². The number of hydrogen-bond donors (Lipinski definition) is 0. The summed E-state index contributed by atoms with van der Waals surface area (Å²) >= 11 is 0. The second kappa shape index (κ2) is 10.1. The van der Waals surface area contributed by atoms with Crippen molar-refractivity contribution in [2.45, 2.75) is 27.3 Å². The van der Waals surface area contributed by atoms with Crippen LogP contribution in [0.25, 0.3) is 16.6 Å². The van der Waals surface area contributed by atoms with Gasteiger partial charge in [-0.2, -0.15) is 0 Å². The van der Waals surface area contributed by atoms with Crippen LogP contribution in [0.15, 0.2) is 59.4 Å². The van der Waals surface area contributed by atoms with Gasteiger partial charge in [0, 0.05) is 30.6 Å². The quantitative estimate of drug-likeness (QED) is 0.286. The van der Waals surface area contributed by atoms with Gasteiger partial charge in [-0.3, -0.25) is 14.2 Å². The molecule has 0 aliphatic rings. The van der Waals surface area contributed by atoms with E-state index in [2.05, 4.69) is 4.98 Å². The van der Waals surface area contributed by atoms with Crippen LogP contribution in [0.3, 0.4) is 0 Å². The molecule has 0 radical (unpaired) electrons. The number of aromatic nitrogens is 3. The molecule has 8 heteroatoms. The number of Topliss-reactive ketones (excluding diaryl/α,β-unsaturated/α-hetero) is 1. The van der Waals surface area contributed by atoms with Gasteiger partial charge in [0.15, 0.2) is 6.61 Å². The summed E-state index contributed by atoms with van der Waals surface area (Å²) in [6, 6.07) is 15.4. The van der Waals surface area contributed by atoms with Crippen LogP contribution in [-0.2, 0) is 16.0 Å². The molecule has 0 saturated carbocycles. The zero-order valence-corrected chi connectivity index (χ0v) is 20.2. The van der Waals surface area contributed by atoms with E-state index in [9.17, 15) is 14.4 Å². The molecule has 0 amide bonds. The van der Waals surface area contributed by atoms with E-state index in [1.807, 2.05) is 24.5 Å². The number of carbonyl (C=O) groups excluding carboxylic acids is 2. The molecule has 2 aromatic heterocycles. The first-order valence-electron chi connectivity index (χ1n) is 11.3. The summed E-state index contributed by atoms with van der Waals surface area (Å²) in [7, 11) is 1.63. The van der Waals surface area contributed by atoms with Gasteiger partial charge in [0.1, 0.15) is 5.82 Å². The molecule has 0 unspecified atom stereocenters. The number of benzene rings is 2. The number of methoxy groups -OCH3 is 1. The number of carbonyl (C=O) groups is 2. The topological polar surface area (TPSA) is 92.4 Å². The summed E-state index contributed by atoms with van der Waals surface area (Å²) in [5.41, 5.74) is 3.61. The predicted octanol–water partition coefficient (Wildman–Crippen LogP) is 3.80. The molecule has 2 aromatic carbocycles. The Bertz CT molecular complexity index is 1460. The van der Waals surface area contributed by atoms with Crippen molar-refractivity contribution in [3.63, 3.8) is 0 Å². The lowest BCUT2D eigenvalue weighted by molar-refractivity contribution is 0.0474. The predicted molar refractivity (Wildman–Crippen MR) is 132 cm³/mol. The van der Waals surface area contributed by atoms with Crippen LogP contribution in [-0.4, -0.2) is 46.2 Å². The maximum Gasteiger partial charge on any atom is 0.338 e. The van der Waals surface area contributed by atoms with Gasteiger partial charge in [0.05, 0.1) is 28.8 Å². The number of fused-ring (bicyclic) bond motifs is 1. The highest BCUT2D eigenvalue weighted by molar-refractivity contribution is 6.00. The second-order valence-corrected chi connectivity index (χ2v) is 8.29. The van der Waals surface area contributed by atoms with Crippen LogP contribution < -0.4 is 5.56 Å². The van der Waals surface area contributed by atoms with Crippen molar-refractivity contribution in [2.75, 3.05) is 20.3 Å². The van der Waals surface area contributed by atoms with E-state index in [1.54, 1.807) is 62.6 Å². The summed E-state index contributed by atoms with van der Waals surface area (Å²) in [6.07, 6.45) is 0. The minimum atomic E-state index is -0.612. The molecule has 0 saturated heterocycles. The van der Waals surface area contributed by atoms with Gasteiger partial charge < -0.3 is 14.0 Å². The van der Waals surface area contributed by atoms with Crippen LogP contribution in [0.5, 0.6) is 0 Å². The molecule has 0 atom stereocenters. The van der Waals surface area contributed by atoms with Crippen molar-refractivity contribution in [1.29, 1.82) is 0 Å². The van der Waals surface area contributed by atoms with Gasteiger partial charge in [-0.15, -0.1) is 0 Å². The summed E-state index contributed by atoms with van der Waals surface area (Å²) in [4.78, 5) is 42.7. The average molecular weight is 474 g/mol. The van der Waals surface area contributed by atoms with Crippen molar-refractivity contribution in [2.24, 2.45) is 0 Å². The highest BCUT2D eigenvalue weighted by atomic mass is 16.5. The molecular formula is C27H27N3O5. The van der Waals surface area contributed by atoms with E-state index < -0.39 is 5.97 Å². The fourth-order valence-corrected chi connectivity index (χ4v) is 4.20.